The van der Waals surface area contributed by atoms with Crippen LogP contribution < -0.4 is 10.2 Å². The Morgan fingerprint density at radius 3 is 2.78 bits per heavy atom. The van der Waals surface area contributed by atoms with Gasteiger partial charge in [0, 0.05) is 6.07 Å². The van der Waals surface area contributed by atoms with Gasteiger partial charge in [0.15, 0.2) is 0 Å². The highest BCUT2D eigenvalue weighted by atomic mass is 16.6. The van der Waals surface area contributed by atoms with E-state index in [0.29, 0.717) is 22.8 Å². The Hall–Kier alpha value is -3.36. The monoisotopic (exact) mass is 319 g/mol. The van der Waals surface area contributed by atoms with Crippen LogP contribution in [0.4, 0.5) is 10.5 Å². The lowest BCUT2D eigenvalue weighted by Gasteiger charge is -2.05. The molecular formula is C14H13N3O6. The molecule has 9 heteroatoms. The van der Waals surface area contributed by atoms with Crippen molar-refractivity contribution in [3.8, 4) is 17.1 Å². The van der Waals surface area contributed by atoms with Crippen LogP contribution in [0.2, 0.25) is 0 Å². The second-order valence-electron chi connectivity index (χ2n) is 4.21. The summed E-state index contributed by atoms with van der Waals surface area (Å²) in [6, 6.07) is 7.47. The van der Waals surface area contributed by atoms with Gasteiger partial charge in [0.1, 0.15) is 17.3 Å². The van der Waals surface area contributed by atoms with Gasteiger partial charge in [-0.3, -0.25) is 10.1 Å². The third-order valence-electron chi connectivity index (χ3n) is 2.82. The number of hydrogen-bond acceptors (Lipinski definition) is 7. The molecule has 2 aromatic rings. The first-order chi connectivity index (χ1) is 11.0. The molecule has 2 rings (SSSR count). The van der Waals surface area contributed by atoms with Crippen molar-refractivity contribution in [1.29, 1.82) is 0 Å². The predicted octanol–water partition coefficient (Wildman–Crippen LogP) is 2.55. The molecular weight excluding hydrogens is 306 g/mol. The van der Waals surface area contributed by atoms with Gasteiger partial charge in [-0.15, -0.1) is 0 Å². The first-order valence-corrected chi connectivity index (χ1v) is 6.35. The van der Waals surface area contributed by atoms with E-state index in [0.717, 1.165) is 0 Å². The quantitative estimate of drug-likeness (QED) is 0.514. The van der Waals surface area contributed by atoms with E-state index in [9.17, 15) is 14.9 Å². The second-order valence-corrected chi connectivity index (χ2v) is 4.21. The molecule has 23 heavy (non-hydrogen) atoms. The van der Waals surface area contributed by atoms with Crippen LogP contribution in [0.5, 0.6) is 5.75 Å². The number of nitrogens with one attached hydrogen (secondary N) is 1. The number of furan rings is 1. The minimum atomic E-state index is -0.704. The summed E-state index contributed by atoms with van der Waals surface area (Å²) in [5.74, 6) is 1.12. The number of hydrogen-bond donors (Lipinski definition) is 1. The Morgan fingerprint density at radius 2 is 2.13 bits per heavy atom. The Labute approximate surface area is 130 Å². The summed E-state index contributed by atoms with van der Waals surface area (Å²) in [4.78, 5) is 21.1. The maximum absolute atomic E-state index is 10.8. The molecule has 0 aliphatic carbocycles. The van der Waals surface area contributed by atoms with Crippen LogP contribution >= 0.6 is 0 Å². The van der Waals surface area contributed by atoms with E-state index in [1.165, 1.54) is 38.6 Å². The van der Waals surface area contributed by atoms with Crippen LogP contribution in [0.15, 0.2) is 39.9 Å². The van der Waals surface area contributed by atoms with E-state index < -0.39 is 11.0 Å². The maximum atomic E-state index is 10.8. The van der Waals surface area contributed by atoms with Crippen LogP contribution in [-0.4, -0.2) is 31.5 Å². The van der Waals surface area contributed by atoms with Crippen molar-refractivity contribution in [2.45, 2.75) is 0 Å². The van der Waals surface area contributed by atoms with E-state index >= 15 is 0 Å². The molecule has 0 unspecified atom stereocenters. The number of ether oxygens (including phenoxy) is 2. The highest BCUT2D eigenvalue weighted by molar-refractivity contribution is 5.79. The number of carbonyl (C=O) groups is 1. The number of nitro groups is 1. The van der Waals surface area contributed by atoms with Crippen molar-refractivity contribution in [2.75, 3.05) is 14.2 Å². The van der Waals surface area contributed by atoms with Crippen molar-refractivity contribution < 1.29 is 23.6 Å². The number of methoxy groups -OCH3 is 2. The molecule has 9 nitrogen and oxygen atoms in total. The average molecular weight is 319 g/mol. The van der Waals surface area contributed by atoms with Gasteiger partial charge >= 0.3 is 6.09 Å². The van der Waals surface area contributed by atoms with Gasteiger partial charge in [-0.1, -0.05) is 0 Å². The molecule has 1 N–H and O–H groups in total. The molecule has 1 aromatic heterocycles. The topological polar surface area (TPSA) is 116 Å². The number of nitrogens with zero attached hydrogens (tertiary/aromatic N) is 2. The van der Waals surface area contributed by atoms with Crippen molar-refractivity contribution in [3.63, 3.8) is 0 Å². The lowest BCUT2D eigenvalue weighted by atomic mass is 10.1. The van der Waals surface area contributed by atoms with Crippen molar-refractivity contribution in [1.82, 2.24) is 5.43 Å². The smallest absolute Gasteiger partial charge is 0.427 e. The summed E-state index contributed by atoms with van der Waals surface area (Å²) in [5.41, 5.74) is 2.59. The maximum Gasteiger partial charge on any atom is 0.427 e. The second kappa shape index (κ2) is 7.07. The summed E-state index contributed by atoms with van der Waals surface area (Å²) < 4.78 is 15.0. The molecule has 1 amide bonds. The number of amides is 1. The summed E-state index contributed by atoms with van der Waals surface area (Å²) in [5, 5.41) is 14.4. The number of nitro benzene ring substituents is 1. The van der Waals surface area contributed by atoms with Gasteiger partial charge in [0.25, 0.3) is 5.69 Å². The zero-order valence-corrected chi connectivity index (χ0v) is 12.3. The van der Waals surface area contributed by atoms with Crippen LogP contribution in [0.25, 0.3) is 11.3 Å². The van der Waals surface area contributed by atoms with Crippen LogP contribution in [0.1, 0.15) is 5.76 Å². The molecule has 0 spiro atoms. The van der Waals surface area contributed by atoms with Crippen LogP contribution in [0.3, 0.4) is 0 Å². The Balaban J connectivity index is 2.23. The molecule has 0 atom stereocenters. The van der Waals surface area contributed by atoms with Crippen molar-refractivity contribution in [2.24, 2.45) is 5.10 Å². The fraction of sp³-hybridized carbons (Fsp3) is 0.143. The number of hydrazone groups is 1. The lowest BCUT2D eigenvalue weighted by molar-refractivity contribution is -0.384. The van der Waals surface area contributed by atoms with Crippen LogP contribution in [-0.2, 0) is 4.74 Å². The predicted molar refractivity (Wildman–Crippen MR) is 80.5 cm³/mol. The fourth-order valence-electron chi connectivity index (χ4n) is 1.76. The first-order valence-electron chi connectivity index (χ1n) is 6.35. The minimum Gasteiger partial charge on any atom is -0.496 e. The van der Waals surface area contributed by atoms with E-state index in [1.54, 1.807) is 12.1 Å². The van der Waals surface area contributed by atoms with Gasteiger partial charge in [0.05, 0.1) is 37.0 Å². The van der Waals surface area contributed by atoms with E-state index in [2.05, 4.69) is 15.3 Å². The molecule has 1 aromatic carbocycles. The number of non-ortho nitro benzene ring substituents is 1. The third-order valence-corrected chi connectivity index (χ3v) is 2.82. The lowest BCUT2D eigenvalue weighted by Crippen LogP contribution is -2.16. The average Bonchev–Trinajstić information content (AvgIpc) is 3.02. The van der Waals surface area contributed by atoms with E-state index in [4.69, 9.17) is 9.15 Å². The van der Waals surface area contributed by atoms with E-state index in [-0.39, 0.29) is 5.69 Å². The molecule has 0 radical (unpaired) electrons. The largest absolute Gasteiger partial charge is 0.496 e. The summed E-state index contributed by atoms with van der Waals surface area (Å²) in [6.45, 7) is 0. The van der Waals surface area contributed by atoms with Crippen molar-refractivity contribution in [3.05, 3.63) is 46.2 Å². The molecule has 1 heterocycles. The Morgan fingerprint density at radius 1 is 1.35 bits per heavy atom. The third kappa shape index (κ3) is 3.84. The highest BCUT2D eigenvalue weighted by Gasteiger charge is 2.15. The normalized spacial score (nSPS) is 10.5. The minimum absolute atomic E-state index is 0.0822. The Bertz CT molecular complexity index is 753. The zero-order valence-electron chi connectivity index (χ0n) is 12.3. The highest BCUT2D eigenvalue weighted by Crippen LogP contribution is 2.33. The summed E-state index contributed by atoms with van der Waals surface area (Å²) in [7, 11) is 2.63. The van der Waals surface area contributed by atoms with Gasteiger partial charge in [-0.2, -0.15) is 5.10 Å². The molecule has 0 aliphatic rings. The van der Waals surface area contributed by atoms with Crippen LogP contribution in [0, 0.1) is 10.1 Å². The number of rotatable bonds is 5. The standard InChI is InChI=1S/C14H13N3O6/c1-21-13-7-9(17(19)20)3-5-11(13)12-6-4-10(23-12)8-15-16-14(18)22-2/h3-8H,1-2H3,(H,16,18). The summed E-state index contributed by atoms with van der Waals surface area (Å²) >= 11 is 0. The number of carbonyl (C=O) groups excluding carboxylic acids is 1. The van der Waals surface area contributed by atoms with Gasteiger partial charge in [-0.25, -0.2) is 10.2 Å². The molecule has 0 saturated carbocycles. The molecule has 0 saturated heterocycles. The van der Waals surface area contributed by atoms with Crippen molar-refractivity contribution >= 4 is 18.0 Å². The Kier molecular flexibility index (Phi) is 4.92. The zero-order chi connectivity index (χ0) is 16.8. The van der Waals surface area contributed by atoms with Gasteiger partial charge < -0.3 is 13.9 Å². The fourth-order valence-corrected chi connectivity index (χ4v) is 1.76. The molecule has 0 aliphatic heterocycles. The first kappa shape index (κ1) is 16.0. The SMILES string of the molecule is COC(=O)NN=Cc1ccc(-c2ccc([N+](=O)[O-])cc2OC)o1. The molecule has 0 fully saturated rings. The number of benzene rings is 1. The van der Waals surface area contributed by atoms with E-state index in [1.807, 2.05) is 0 Å². The van der Waals surface area contributed by atoms with Gasteiger partial charge in [-0.05, 0) is 18.2 Å². The summed E-state index contributed by atoms with van der Waals surface area (Å²) in [6.07, 6.45) is 0.586. The van der Waals surface area contributed by atoms with Gasteiger partial charge in [0.2, 0.25) is 0 Å². The molecule has 0 bridgehead atoms. The molecule has 120 valence electrons.